The number of carbonyl (C=O) groups is 1. The Kier molecular flexibility index (Phi) is 4.58. The third kappa shape index (κ3) is 4.56. The number of hydrogen-bond donors (Lipinski definition) is 2. The van der Waals surface area contributed by atoms with Gasteiger partial charge in [-0.3, -0.25) is 4.79 Å². The Morgan fingerprint density at radius 1 is 1.21 bits per heavy atom. The quantitative estimate of drug-likeness (QED) is 0.856. The summed E-state index contributed by atoms with van der Waals surface area (Å²) >= 11 is 0. The molecular weight excluding hydrogens is 242 g/mol. The standard InChI is InChI=1S/C15H23NO3/c1-11-6-8-12(9-7-11)19-10-13(17)16-14(2,3)15(4,5)18/h6-9,18H,10H2,1-5H3,(H,16,17). The van der Waals surface area contributed by atoms with E-state index in [2.05, 4.69) is 5.32 Å². The predicted octanol–water partition coefficient (Wildman–Crippen LogP) is 2.04. The molecule has 0 bridgehead atoms. The van der Waals surface area contributed by atoms with Crippen molar-refractivity contribution in [2.45, 2.75) is 45.8 Å². The normalized spacial score (nSPS) is 12.1. The lowest BCUT2D eigenvalue weighted by Crippen LogP contribution is -2.58. The Bertz CT molecular complexity index is 430. The molecule has 106 valence electrons. The fourth-order valence-electron chi connectivity index (χ4n) is 1.32. The molecule has 0 heterocycles. The summed E-state index contributed by atoms with van der Waals surface area (Å²) in [7, 11) is 0. The second-order valence-electron chi connectivity index (χ2n) is 5.83. The number of hydrogen-bond acceptors (Lipinski definition) is 3. The van der Waals surface area contributed by atoms with E-state index < -0.39 is 11.1 Å². The molecule has 0 radical (unpaired) electrons. The van der Waals surface area contributed by atoms with Crippen LogP contribution < -0.4 is 10.1 Å². The number of ether oxygens (including phenoxy) is 1. The van der Waals surface area contributed by atoms with Gasteiger partial charge in [-0.2, -0.15) is 0 Å². The van der Waals surface area contributed by atoms with Gasteiger partial charge in [0.15, 0.2) is 6.61 Å². The van der Waals surface area contributed by atoms with Crippen molar-refractivity contribution in [2.75, 3.05) is 6.61 Å². The third-order valence-electron chi connectivity index (χ3n) is 3.37. The van der Waals surface area contributed by atoms with Crippen molar-refractivity contribution in [3.63, 3.8) is 0 Å². The van der Waals surface area contributed by atoms with Gasteiger partial charge in [-0.25, -0.2) is 0 Å². The summed E-state index contributed by atoms with van der Waals surface area (Å²) in [6, 6.07) is 7.50. The Labute approximate surface area is 114 Å². The van der Waals surface area contributed by atoms with Crippen molar-refractivity contribution in [1.29, 1.82) is 0 Å². The van der Waals surface area contributed by atoms with E-state index >= 15 is 0 Å². The molecule has 0 saturated heterocycles. The molecule has 4 nitrogen and oxygen atoms in total. The molecule has 0 unspecified atom stereocenters. The topological polar surface area (TPSA) is 58.6 Å². The lowest BCUT2D eigenvalue weighted by Gasteiger charge is -2.37. The highest BCUT2D eigenvalue weighted by molar-refractivity contribution is 5.78. The highest BCUT2D eigenvalue weighted by Crippen LogP contribution is 2.20. The van der Waals surface area contributed by atoms with Crippen LogP contribution in [0.25, 0.3) is 0 Å². The van der Waals surface area contributed by atoms with Gasteiger partial charge in [0.2, 0.25) is 0 Å². The first-order chi connectivity index (χ1) is 8.62. The van der Waals surface area contributed by atoms with Crippen LogP contribution in [0.2, 0.25) is 0 Å². The molecule has 1 amide bonds. The molecule has 4 heteroatoms. The van der Waals surface area contributed by atoms with Gasteiger partial charge in [0, 0.05) is 0 Å². The monoisotopic (exact) mass is 265 g/mol. The summed E-state index contributed by atoms with van der Waals surface area (Å²) in [5.41, 5.74) is -0.590. The number of carbonyl (C=O) groups excluding carboxylic acids is 1. The number of nitrogens with one attached hydrogen (secondary N) is 1. The summed E-state index contributed by atoms with van der Waals surface area (Å²) in [5.74, 6) is 0.398. The average molecular weight is 265 g/mol. The molecule has 0 fully saturated rings. The first-order valence-corrected chi connectivity index (χ1v) is 6.35. The summed E-state index contributed by atoms with van der Waals surface area (Å²) < 4.78 is 5.39. The lowest BCUT2D eigenvalue weighted by molar-refractivity contribution is -0.128. The van der Waals surface area contributed by atoms with Crippen molar-refractivity contribution in [1.82, 2.24) is 5.32 Å². The number of rotatable bonds is 5. The molecule has 2 N–H and O–H groups in total. The van der Waals surface area contributed by atoms with Crippen LogP contribution >= 0.6 is 0 Å². The Morgan fingerprint density at radius 2 is 1.74 bits per heavy atom. The fourth-order valence-corrected chi connectivity index (χ4v) is 1.32. The second-order valence-corrected chi connectivity index (χ2v) is 5.83. The third-order valence-corrected chi connectivity index (χ3v) is 3.37. The number of amides is 1. The highest BCUT2D eigenvalue weighted by Gasteiger charge is 2.36. The Hall–Kier alpha value is -1.55. The maximum Gasteiger partial charge on any atom is 0.258 e. The molecule has 0 spiro atoms. The summed E-state index contributed by atoms with van der Waals surface area (Å²) in [6.07, 6.45) is 0. The summed E-state index contributed by atoms with van der Waals surface area (Å²) in [5, 5.41) is 12.7. The van der Waals surface area contributed by atoms with Gasteiger partial charge in [0.25, 0.3) is 5.91 Å². The molecule has 0 aliphatic heterocycles. The van der Waals surface area contributed by atoms with Crippen LogP contribution in [0.4, 0.5) is 0 Å². The van der Waals surface area contributed by atoms with E-state index in [4.69, 9.17) is 4.74 Å². The Morgan fingerprint density at radius 3 is 2.21 bits per heavy atom. The SMILES string of the molecule is Cc1ccc(OCC(=O)NC(C)(C)C(C)(C)O)cc1. The van der Waals surface area contributed by atoms with Crippen molar-refractivity contribution in [3.05, 3.63) is 29.8 Å². The molecule has 0 aromatic heterocycles. The van der Waals surface area contributed by atoms with E-state index in [-0.39, 0.29) is 12.5 Å². The van der Waals surface area contributed by atoms with Crippen LogP contribution in [-0.4, -0.2) is 28.8 Å². The van der Waals surface area contributed by atoms with Crippen molar-refractivity contribution >= 4 is 5.91 Å². The molecule has 1 aromatic rings. The Balaban J connectivity index is 2.51. The van der Waals surface area contributed by atoms with Gasteiger partial charge in [-0.1, -0.05) is 17.7 Å². The first kappa shape index (κ1) is 15.5. The van der Waals surface area contributed by atoms with Crippen molar-refractivity contribution < 1.29 is 14.6 Å². The van der Waals surface area contributed by atoms with Gasteiger partial charge in [0.1, 0.15) is 5.75 Å². The fraction of sp³-hybridized carbons (Fsp3) is 0.533. The van der Waals surface area contributed by atoms with Crippen LogP contribution in [0.1, 0.15) is 33.3 Å². The average Bonchev–Trinajstić information content (AvgIpc) is 2.26. The van der Waals surface area contributed by atoms with Gasteiger partial charge in [-0.15, -0.1) is 0 Å². The van der Waals surface area contributed by atoms with Crippen LogP contribution in [-0.2, 0) is 4.79 Å². The van der Waals surface area contributed by atoms with E-state index in [0.29, 0.717) is 5.75 Å². The van der Waals surface area contributed by atoms with Gasteiger partial charge >= 0.3 is 0 Å². The van der Waals surface area contributed by atoms with E-state index in [1.807, 2.05) is 31.2 Å². The molecule has 0 atom stereocenters. The lowest BCUT2D eigenvalue weighted by atomic mass is 9.86. The maximum atomic E-state index is 11.8. The second kappa shape index (κ2) is 5.61. The number of aliphatic hydroxyl groups is 1. The van der Waals surface area contributed by atoms with Gasteiger partial charge in [0.05, 0.1) is 11.1 Å². The zero-order valence-electron chi connectivity index (χ0n) is 12.3. The molecular formula is C15H23NO3. The van der Waals surface area contributed by atoms with Gasteiger partial charge < -0.3 is 15.2 Å². The zero-order chi connectivity index (χ0) is 14.7. The van der Waals surface area contributed by atoms with Crippen LogP contribution in [0.15, 0.2) is 24.3 Å². The smallest absolute Gasteiger partial charge is 0.258 e. The number of benzene rings is 1. The molecule has 0 aliphatic carbocycles. The van der Waals surface area contributed by atoms with Crippen molar-refractivity contribution in [3.8, 4) is 5.75 Å². The van der Waals surface area contributed by atoms with E-state index in [1.165, 1.54) is 0 Å². The van der Waals surface area contributed by atoms with Crippen LogP contribution in [0, 0.1) is 6.92 Å². The maximum absolute atomic E-state index is 11.8. The van der Waals surface area contributed by atoms with Crippen LogP contribution in [0.3, 0.4) is 0 Å². The number of aryl methyl sites for hydroxylation is 1. The van der Waals surface area contributed by atoms with E-state index in [9.17, 15) is 9.90 Å². The van der Waals surface area contributed by atoms with Crippen LogP contribution in [0.5, 0.6) is 5.75 Å². The predicted molar refractivity (Wildman–Crippen MR) is 75.2 cm³/mol. The summed E-state index contributed by atoms with van der Waals surface area (Å²) in [4.78, 5) is 11.8. The van der Waals surface area contributed by atoms with E-state index in [1.54, 1.807) is 27.7 Å². The van der Waals surface area contributed by atoms with Gasteiger partial charge in [-0.05, 0) is 46.8 Å². The molecule has 0 saturated carbocycles. The molecule has 1 aromatic carbocycles. The molecule has 0 aliphatic rings. The zero-order valence-corrected chi connectivity index (χ0v) is 12.3. The van der Waals surface area contributed by atoms with E-state index in [0.717, 1.165) is 5.56 Å². The molecule has 1 rings (SSSR count). The van der Waals surface area contributed by atoms with Crippen molar-refractivity contribution in [2.24, 2.45) is 0 Å². The minimum atomic E-state index is -1.01. The highest BCUT2D eigenvalue weighted by atomic mass is 16.5. The minimum absolute atomic E-state index is 0.0669. The summed E-state index contributed by atoms with van der Waals surface area (Å²) in [6.45, 7) is 8.79. The largest absolute Gasteiger partial charge is 0.484 e. The minimum Gasteiger partial charge on any atom is -0.484 e. The first-order valence-electron chi connectivity index (χ1n) is 6.35. The molecule has 19 heavy (non-hydrogen) atoms.